The fourth-order valence-electron chi connectivity index (χ4n) is 2.59. The number of likely N-dealkylation sites (tertiary alicyclic amines) is 1. The first-order chi connectivity index (χ1) is 9.69. The zero-order valence-corrected chi connectivity index (χ0v) is 11.8. The van der Waals surface area contributed by atoms with Gasteiger partial charge in [0.25, 0.3) is 5.91 Å². The summed E-state index contributed by atoms with van der Waals surface area (Å²) in [4.78, 5) is 18.7. The summed E-state index contributed by atoms with van der Waals surface area (Å²) >= 11 is 0. The van der Waals surface area contributed by atoms with E-state index in [9.17, 15) is 9.90 Å². The molecule has 1 fully saturated rings. The van der Waals surface area contributed by atoms with E-state index < -0.39 is 0 Å². The van der Waals surface area contributed by atoms with E-state index in [1.165, 1.54) is 0 Å². The molecule has 1 unspecified atom stereocenters. The van der Waals surface area contributed by atoms with Crippen molar-refractivity contribution in [2.75, 3.05) is 18.6 Å². The lowest BCUT2D eigenvalue weighted by Crippen LogP contribution is -2.45. The van der Waals surface area contributed by atoms with Crippen LogP contribution in [-0.2, 0) is 6.42 Å². The molecule has 1 aromatic heterocycles. The molecular formula is C14H22N4O2. The van der Waals surface area contributed by atoms with Gasteiger partial charge in [-0.2, -0.15) is 0 Å². The summed E-state index contributed by atoms with van der Waals surface area (Å²) in [5, 5.41) is 9.42. The standard InChI is InChI=1S/C14H22N4O2/c1-2-11-7-10(8-13(16-11)17-15)14(20)18-6-4-3-5-12(18)9-19/h7-8,12,19H,2-6,9,15H2,1H3,(H,16,17). The molecule has 0 radical (unpaired) electrons. The lowest BCUT2D eigenvalue weighted by molar-refractivity contribution is 0.0503. The molecule has 6 nitrogen and oxygen atoms in total. The van der Waals surface area contributed by atoms with E-state index in [1.54, 1.807) is 17.0 Å². The molecule has 20 heavy (non-hydrogen) atoms. The van der Waals surface area contributed by atoms with Gasteiger partial charge in [-0.05, 0) is 37.8 Å². The van der Waals surface area contributed by atoms with Gasteiger partial charge in [0.2, 0.25) is 0 Å². The minimum absolute atomic E-state index is 0.0133. The average Bonchev–Trinajstić information content (AvgIpc) is 2.53. The number of hydrogen-bond acceptors (Lipinski definition) is 5. The fourth-order valence-corrected chi connectivity index (χ4v) is 2.59. The molecule has 0 spiro atoms. The molecule has 6 heteroatoms. The van der Waals surface area contributed by atoms with Crippen molar-refractivity contribution in [3.05, 3.63) is 23.4 Å². The van der Waals surface area contributed by atoms with Crippen LogP contribution in [0.3, 0.4) is 0 Å². The van der Waals surface area contributed by atoms with Crippen LogP contribution >= 0.6 is 0 Å². The van der Waals surface area contributed by atoms with Crippen LogP contribution in [0.25, 0.3) is 0 Å². The summed E-state index contributed by atoms with van der Waals surface area (Å²) in [7, 11) is 0. The fraction of sp³-hybridized carbons (Fsp3) is 0.571. The van der Waals surface area contributed by atoms with Gasteiger partial charge in [-0.25, -0.2) is 10.8 Å². The first-order valence-electron chi connectivity index (χ1n) is 7.09. The van der Waals surface area contributed by atoms with Crippen LogP contribution < -0.4 is 11.3 Å². The number of hydrazine groups is 1. The van der Waals surface area contributed by atoms with Crippen LogP contribution in [0.4, 0.5) is 5.82 Å². The normalized spacial score (nSPS) is 18.9. The van der Waals surface area contributed by atoms with E-state index in [2.05, 4.69) is 10.4 Å². The number of piperidine rings is 1. The van der Waals surface area contributed by atoms with E-state index in [0.29, 0.717) is 17.9 Å². The number of carbonyl (C=O) groups excluding carboxylic acids is 1. The van der Waals surface area contributed by atoms with Gasteiger partial charge in [0.15, 0.2) is 0 Å². The summed E-state index contributed by atoms with van der Waals surface area (Å²) in [6, 6.07) is 3.38. The molecule has 4 N–H and O–H groups in total. The first kappa shape index (κ1) is 14.7. The van der Waals surface area contributed by atoms with E-state index in [1.807, 2.05) is 6.92 Å². The highest BCUT2D eigenvalue weighted by molar-refractivity contribution is 5.95. The van der Waals surface area contributed by atoms with Gasteiger partial charge >= 0.3 is 0 Å². The molecule has 1 saturated heterocycles. The number of hydrogen-bond donors (Lipinski definition) is 3. The summed E-state index contributed by atoms with van der Waals surface area (Å²) in [5.41, 5.74) is 3.89. The number of anilines is 1. The average molecular weight is 278 g/mol. The molecule has 0 aromatic carbocycles. The van der Waals surface area contributed by atoms with Crippen molar-refractivity contribution in [1.82, 2.24) is 9.88 Å². The number of aliphatic hydroxyl groups is 1. The molecule has 1 aromatic rings. The minimum Gasteiger partial charge on any atom is -0.394 e. The number of aromatic nitrogens is 1. The van der Waals surface area contributed by atoms with Crippen LogP contribution in [0.15, 0.2) is 12.1 Å². The second kappa shape index (κ2) is 6.67. The van der Waals surface area contributed by atoms with Crippen LogP contribution in [0.1, 0.15) is 42.2 Å². The first-order valence-corrected chi connectivity index (χ1v) is 7.09. The molecule has 0 bridgehead atoms. The second-order valence-electron chi connectivity index (χ2n) is 5.06. The van der Waals surface area contributed by atoms with Gasteiger partial charge in [0, 0.05) is 17.8 Å². The van der Waals surface area contributed by atoms with Crippen molar-refractivity contribution in [3.63, 3.8) is 0 Å². The summed E-state index contributed by atoms with van der Waals surface area (Å²) in [6.07, 6.45) is 3.63. The number of amides is 1. The predicted molar refractivity (Wildman–Crippen MR) is 77.2 cm³/mol. The molecular weight excluding hydrogens is 256 g/mol. The Morgan fingerprint density at radius 1 is 1.55 bits per heavy atom. The quantitative estimate of drug-likeness (QED) is 0.562. The number of nitrogens with zero attached hydrogens (tertiary/aromatic N) is 2. The van der Waals surface area contributed by atoms with Gasteiger partial charge in [-0.1, -0.05) is 6.92 Å². The summed E-state index contributed by atoms with van der Waals surface area (Å²) in [5.74, 6) is 5.83. The van der Waals surface area contributed by atoms with E-state index >= 15 is 0 Å². The minimum atomic E-state index is -0.0798. The van der Waals surface area contributed by atoms with Crippen molar-refractivity contribution in [1.29, 1.82) is 0 Å². The van der Waals surface area contributed by atoms with Gasteiger partial charge in [-0.3, -0.25) is 4.79 Å². The zero-order chi connectivity index (χ0) is 14.5. The van der Waals surface area contributed by atoms with Crippen molar-refractivity contribution in [2.24, 2.45) is 5.84 Å². The molecule has 1 atom stereocenters. The highest BCUT2D eigenvalue weighted by Gasteiger charge is 2.27. The maximum Gasteiger partial charge on any atom is 0.254 e. The van der Waals surface area contributed by atoms with E-state index in [4.69, 9.17) is 5.84 Å². The number of rotatable bonds is 4. The third-order valence-corrected chi connectivity index (χ3v) is 3.73. The van der Waals surface area contributed by atoms with E-state index in [-0.39, 0.29) is 18.6 Å². The highest BCUT2D eigenvalue weighted by atomic mass is 16.3. The van der Waals surface area contributed by atoms with Crippen LogP contribution in [0, 0.1) is 0 Å². The largest absolute Gasteiger partial charge is 0.394 e. The van der Waals surface area contributed by atoms with E-state index in [0.717, 1.165) is 31.4 Å². The van der Waals surface area contributed by atoms with Crippen molar-refractivity contribution in [3.8, 4) is 0 Å². The second-order valence-corrected chi connectivity index (χ2v) is 5.06. The van der Waals surface area contributed by atoms with Gasteiger partial charge < -0.3 is 15.4 Å². The Hall–Kier alpha value is -1.66. The Balaban J connectivity index is 2.27. The Labute approximate surface area is 119 Å². The molecule has 1 aliphatic heterocycles. The molecule has 2 heterocycles. The number of pyridine rings is 1. The van der Waals surface area contributed by atoms with Crippen LogP contribution in [0.5, 0.6) is 0 Å². The molecule has 1 aliphatic rings. The molecule has 0 saturated carbocycles. The number of nitrogens with one attached hydrogen (secondary N) is 1. The van der Waals surface area contributed by atoms with Crippen molar-refractivity contribution >= 4 is 11.7 Å². The third kappa shape index (κ3) is 3.08. The lowest BCUT2D eigenvalue weighted by Gasteiger charge is -2.34. The lowest BCUT2D eigenvalue weighted by atomic mass is 10.0. The Bertz CT molecular complexity index is 456. The Morgan fingerprint density at radius 2 is 2.35 bits per heavy atom. The number of aliphatic hydroxyl groups excluding tert-OH is 1. The smallest absolute Gasteiger partial charge is 0.254 e. The maximum atomic E-state index is 12.6. The van der Waals surface area contributed by atoms with Crippen LogP contribution in [-0.4, -0.2) is 40.1 Å². The molecule has 1 amide bonds. The van der Waals surface area contributed by atoms with Crippen molar-refractivity contribution in [2.45, 2.75) is 38.6 Å². The number of aryl methyl sites for hydroxylation is 1. The highest BCUT2D eigenvalue weighted by Crippen LogP contribution is 2.21. The van der Waals surface area contributed by atoms with Crippen molar-refractivity contribution < 1.29 is 9.90 Å². The van der Waals surface area contributed by atoms with Gasteiger partial charge in [0.05, 0.1) is 12.6 Å². The zero-order valence-electron chi connectivity index (χ0n) is 11.8. The predicted octanol–water partition coefficient (Wildman–Crippen LogP) is 0.917. The number of nitrogen functional groups attached to an aromatic ring is 1. The summed E-state index contributed by atoms with van der Waals surface area (Å²) in [6.45, 7) is 2.69. The maximum absolute atomic E-state index is 12.6. The molecule has 110 valence electrons. The Kier molecular flexibility index (Phi) is 4.92. The molecule has 0 aliphatic carbocycles. The van der Waals surface area contributed by atoms with Gasteiger partial charge in [0.1, 0.15) is 5.82 Å². The SMILES string of the molecule is CCc1cc(C(=O)N2CCCCC2CO)cc(NN)n1. The third-order valence-electron chi connectivity index (χ3n) is 3.73. The monoisotopic (exact) mass is 278 g/mol. The summed E-state index contributed by atoms with van der Waals surface area (Å²) < 4.78 is 0. The topological polar surface area (TPSA) is 91.5 Å². The Morgan fingerprint density at radius 3 is 3.00 bits per heavy atom. The molecule has 2 rings (SSSR count). The number of carbonyl (C=O) groups is 1. The van der Waals surface area contributed by atoms with Crippen LogP contribution in [0.2, 0.25) is 0 Å². The number of nitrogens with two attached hydrogens (primary N) is 1. The van der Waals surface area contributed by atoms with Gasteiger partial charge in [-0.15, -0.1) is 0 Å².